The normalized spacial score (nSPS) is 17.5. The van der Waals surface area contributed by atoms with Gasteiger partial charge in [0.15, 0.2) is 11.5 Å². The van der Waals surface area contributed by atoms with Crippen LogP contribution in [-0.4, -0.2) is 29.4 Å². The van der Waals surface area contributed by atoms with Gasteiger partial charge in [-0.2, -0.15) is 11.8 Å². The van der Waals surface area contributed by atoms with Gasteiger partial charge in [0.05, 0.1) is 5.69 Å². The van der Waals surface area contributed by atoms with E-state index in [9.17, 15) is 9.59 Å². The number of hydrogen-bond acceptors (Lipinski definition) is 4. The average molecular weight is 437 g/mol. The molecule has 4 rings (SSSR count). The van der Waals surface area contributed by atoms with Crippen molar-refractivity contribution in [1.82, 2.24) is 5.32 Å². The summed E-state index contributed by atoms with van der Waals surface area (Å²) in [6.07, 6.45) is 9.48. The van der Waals surface area contributed by atoms with Crippen molar-refractivity contribution in [3.8, 4) is 5.75 Å². The zero-order chi connectivity index (χ0) is 21.5. The highest BCUT2D eigenvalue weighted by molar-refractivity contribution is 7.99. The Kier molecular flexibility index (Phi) is 7.30. The lowest BCUT2D eigenvalue weighted by atomic mass is 10.0. The van der Waals surface area contributed by atoms with Crippen LogP contribution in [0, 0.1) is 0 Å². The Morgan fingerprint density at radius 2 is 1.87 bits per heavy atom. The topological polar surface area (TPSA) is 67.4 Å². The fourth-order valence-corrected chi connectivity index (χ4v) is 5.15. The molecule has 0 atom stereocenters. The molecule has 0 saturated heterocycles. The summed E-state index contributed by atoms with van der Waals surface area (Å²) >= 11 is 2.06. The lowest BCUT2D eigenvalue weighted by molar-refractivity contribution is -0.115. The summed E-state index contributed by atoms with van der Waals surface area (Å²) in [6.45, 7) is 0.692. The van der Waals surface area contributed by atoms with Crippen molar-refractivity contribution >= 4 is 35.3 Å². The van der Waals surface area contributed by atoms with Gasteiger partial charge in [-0.05, 0) is 60.9 Å². The lowest BCUT2D eigenvalue weighted by Gasteiger charge is -2.20. The molecule has 0 bridgehead atoms. The average Bonchev–Trinajstić information content (AvgIpc) is 2.80. The smallest absolute Gasteiger partial charge is 0.291 e. The molecule has 162 valence electrons. The van der Waals surface area contributed by atoms with Crippen molar-refractivity contribution in [2.45, 2.75) is 43.8 Å². The van der Waals surface area contributed by atoms with Gasteiger partial charge in [-0.15, -0.1) is 0 Å². The Labute approximate surface area is 187 Å². The molecule has 1 aliphatic carbocycles. The van der Waals surface area contributed by atoms with E-state index in [2.05, 4.69) is 22.4 Å². The number of anilines is 1. The van der Waals surface area contributed by atoms with E-state index in [1.54, 1.807) is 24.3 Å². The summed E-state index contributed by atoms with van der Waals surface area (Å²) in [7, 11) is 0. The molecule has 1 heterocycles. The van der Waals surface area contributed by atoms with Crippen LogP contribution in [0.2, 0.25) is 0 Å². The lowest BCUT2D eigenvalue weighted by Crippen LogP contribution is -2.25. The van der Waals surface area contributed by atoms with Crippen molar-refractivity contribution < 1.29 is 14.3 Å². The molecule has 1 fully saturated rings. The summed E-state index contributed by atoms with van der Waals surface area (Å²) in [5.41, 5.74) is 2.07. The molecule has 1 saturated carbocycles. The minimum absolute atomic E-state index is 0.0672. The molecule has 2 aliphatic rings. The second-order valence-electron chi connectivity index (χ2n) is 7.92. The molecule has 0 unspecified atom stereocenters. The molecule has 0 spiro atoms. The second-order valence-corrected chi connectivity index (χ2v) is 9.33. The molecule has 1 aliphatic heterocycles. The number of ether oxygens (including phenoxy) is 1. The summed E-state index contributed by atoms with van der Waals surface area (Å²) in [5, 5.41) is 6.63. The highest BCUT2D eigenvalue weighted by Crippen LogP contribution is 2.31. The molecule has 2 N–H and O–H groups in total. The van der Waals surface area contributed by atoms with Gasteiger partial charge >= 0.3 is 0 Å². The van der Waals surface area contributed by atoms with E-state index < -0.39 is 0 Å². The van der Waals surface area contributed by atoms with Crippen LogP contribution >= 0.6 is 11.8 Å². The minimum atomic E-state index is -0.286. The summed E-state index contributed by atoms with van der Waals surface area (Å²) in [4.78, 5) is 24.6. The second kappa shape index (κ2) is 10.5. The van der Waals surface area contributed by atoms with Crippen molar-refractivity contribution in [2.75, 3.05) is 17.6 Å². The van der Waals surface area contributed by atoms with Crippen LogP contribution in [-0.2, 0) is 4.79 Å². The third-order valence-corrected chi connectivity index (χ3v) is 7.03. The number of fused-ring (bicyclic) bond motifs is 1. The largest absolute Gasteiger partial charge is 0.449 e. The van der Waals surface area contributed by atoms with Crippen LogP contribution in [0.5, 0.6) is 5.75 Å². The molecule has 6 heteroatoms. The Hall–Kier alpha value is -2.73. The van der Waals surface area contributed by atoms with Crippen molar-refractivity contribution in [2.24, 2.45) is 0 Å². The van der Waals surface area contributed by atoms with Gasteiger partial charge in [0.1, 0.15) is 0 Å². The Morgan fingerprint density at radius 3 is 2.68 bits per heavy atom. The molecule has 0 aromatic heterocycles. The Balaban J connectivity index is 1.25. The van der Waals surface area contributed by atoms with Crippen LogP contribution in [0.1, 0.15) is 54.4 Å². The number of carbonyl (C=O) groups is 2. The number of rotatable bonds is 7. The van der Waals surface area contributed by atoms with E-state index in [1.807, 2.05) is 30.3 Å². The van der Waals surface area contributed by atoms with Gasteiger partial charge in [0, 0.05) is 17.4 Å². The van der Waals surface area contributed by atoms with Crippen molar-refractivity contribution in [1.29, 1.82) is 0 Å². The molecular weight excluding hydrogens is 408 g/mol. The van der Waals surface area contributed by atoms with Gasteiger partial charge < -0.3 is 15.4 Å². The van der Waals surface area contributed by atoms with E-state index >= 15 is 0 Å². The maximum Gasteiger partial charge on any atom is 0.291 e. The SMILES string of the molecule is O=C1Nc2ccccc2OC1=Cc1ccc(C(=O)NCCCSC2CCCCC2)cc1. The summed E-state index contributed by atoms with van der Waals surface area (Å²) in [6, 6.07) is 14.5. The van der Waals surface area contributed by atoms with Gasteiger partial charge in [0.2, 0.25) is 0 Å². The monoisotopic (exact) mass is 436 g/mol. The van der Waals surface area contributed by atoms with E-state index in [4.69, 9.17) is 4.74 Å². The van der Waals surface area contributed by atoms with Gasteiger partial charge in [-0.1, -0.05) is 43.5 Å². The van der Waals surface area contributed by atoms with Gasteiger partial charge in [-0.25, -0.2) is 0 Å². The Morgan fingerprint density at radius 1 is 1.10 bits per heavy atom. The number of benzene rings is 2. The molecule has 0 radical (unpaired) electrons. The van der Waals surface area contributed by atoms with Crippen molar-refractivity contribution in [3.05, 3.63) is 65.4 Å². The highest BCUT2D eigenvalue weighted by atomic mass is 32.2. The van der Waals surface area contributed by atoms with Crippen LogP contribution in [0.15, 0.2) is 54.3 Å². The van der Waals surface area contributed by atoms with Crippen LogP contribution < -0.4 is 15.4 Å². The van der Waals surface area contributed by atoms with Crippen LogP contribution in [0.3, 0.4) is 0 Å². The quantitative estimate of drug-likeness (QED) is 0.460. The van der Waals surface area contributed by atoms with Gasteiger partial charge in [-0.3, -0.25) is 9.59 Å². The van der Waals surface area contributed by atoms with E-state index in [1.165, 1.54) is 32.1 Å². The first-order chi connectivity index (χ1) is 15.2. The number of amides is 2. The maximum atomic E-state index is 12.4. The first-order valence-corrected chi connectivity index (χ1v) is 12.0. The van der Waals surface area contributed by atoms with Crippen LogP contribution in [0.4, 0.5) is 5.69 Å². The number of hydrogen-bond donors (Lipinski definition) is 2. The minimum Gasteiger partial charge on any atom is -0.449 e. The van der Waals surface area contributed by atoms with E-state index in [-0.39, 0.29) is 17.6 Å². The molecule has 2 aromatic rings. The van der Waals surface area contributed by atoms with Gasteiger partial charge in [0.25, 0.3) is 11.8 Å². The predicted octanol–water partition coefficient (Wildman–Crippen LogP) is 5.24. The van der Waals surface area contributed by atoms with Crippen LogP contribution in [0.25, 0.3) is 6.08 Å². The first-order valence-electron chi connectivity index (χ1n) is 11.0. The number of carbonyl (C=O) groups excluding carboxylic acids is 2. The standard InChI is InChI=1S/C25H28N2O3S/c28-24(26-15-6-16-31-20-7-2-1-3-8-20)19-13-11-18(12-14-19)17-23-25(29)27-21-9-4-5-10-22(21)30-23/h4-5,9-14,17,20H,1-3,6-8,15-16H2,(H,26,28)(H,27,29). The maximum absolute atomic E-state index is 12.4. The molecule has 2 amide bonds. The first kappa shape index (κ1) is 21.5. The zero-order valence-electron chi connectivity index (χ0n) is 17.6. The molecule has 2 aromatic carbocycles. The number of nitrogens with one attached hydrogen (secondary N) is 2. The summed E-state index contributed by atoms with van der Waals surface area (Å²) < 4.78 is 5.71. The predicted molar refractivity (Wildman–Crippen MR) is 126 cm³/mol. The number of para-hydroxylation sites is 2. The number of thioether (sulfide) groups is 1. The summed E-state index contributed by atoms with van der Waals surface area (Å²) in [5.74, 6) is 1.59. The fourth-order valence-electron chi connectivity index (χ4n) is 3.84. The van der Waals surface area contributed by atoms with Crippen molar-refractivity contribution in [3.63, 3.8) is 0 Å². The molecule has 31 heavy (non-hydrogen) atoms. The zero-order valence-corrected chi connectivity index (χ0v) is 18.4. The highest BCUT2D eigenvalue weighted by Gasteiger charge is 2.21. The molecule has 5 nitrogen and oxygen atoms in total. The fraction of sp³-hybridized carbons (Fsp3) is 0.360. The van der Waals surface area contributed by atoms with E-state index in [0.29, 0.717) is 23.5 Å². The molecular formula is C25H28N2O3S. The third kappa shape index (κ3) is 5.91. The third-order valence-electron chi connectivity index (χ3n) is 5.56. The Bertz CT molecular complexity index is 949. The van der Waals surface area contributed by atoms with E-state index in [0.717, 1.165) is 23.0 Å².